The Labute approximate surface area is 123 Å². The minimum atomic E-state index is -0.507. The molecule has 0 amide bonds. The molecular formula is C16H17ClO3. The van der Waals surface area contributed by atoms with Gasteiger partial charge in [-0.1, -0.05) is 35.9 Å². The molecule has 0 saturated heterocycles. The smallest absolute Gasteiger partial charge is 0.310 e. The number of rotatable bonds is 2. The van der Waals surface area contributed by atoms with Gasteiger partial charge in [0.1, 0.15) is 11.4 Å². The van der Waals surface area contributed by atoms with Crippen LogP contribution in [0.3, 0.4) is 0 Å². The van der Waals surface area contributed by atoms with Crippen LogP contribution in [-0.4, -0.2) is 16.7 Å². The first-order chi connectivity index (χ1) is 9.28. The maximum absolute atomic E-state index is 11.9. The molecule has 0 aromatic heterocycles. The largest absolute Gasteiger partial charge is 0.506 e. The molecule has 0 unspecified atom stereocenters. The molecule has 3 nitrogen and oxygen atoms in total. The Balaban J connectivity index is 2.36. The van der Waals surface area contributed by atoms with E-state index < -0.39 is 5.60 Å². The van der Waals surface area contributed by atoms with Gasteiger partial charge in [-0.3, -0.25) is 4.79 Å². The fourth-order valence-corrected chi connectivity index (χ4v) is 2.23. The Morgan fingerprint density at radius 3 is 2.55 bits per heavy atom. The van der Waals surface area contributed by atoms with Crippen molar-refractivity contribution >= 4 is 28.3 Å². The Morgan fingerprint density at radius 1 is 1.20 bits per heavy atom. The first kappa shape index (κ1) is 14.7. The van der Waals surface area contributed by atoms with Crippen molar-refractivity contribution in [2.45, 2.75) is 32.8 Å². The first-order valence-corrected chi connectivity index (χ1v) is 6.76. The lowest BCUT2D eigenvalue weighted by molar-refractivity contribution is -0.153. The van der Waals surface area contributed by atoms with E-state index in [9.17, 15) is 9.90 Å². The Morgan fingerprint density at radius 2 is 1.90 bits per heavy atom. The molecule has 0 spiro atoms. The third kappa shape index (κ3) is 3.23. The summed E-state index contributed by atoms with van der Waals surface area (Å²) in [7, 11) is 0. The number of hydrogen-bond acceptors (Lipinski definition) is 3. The highest BCUT2D eigenvalue weighted by Gasteiger charge is 2.17. The van der Waals surface area contributed by atoms with Gasteiger partial charge in [0.05, 0.1) is 11.4 Å². The molecule has 0 aliphatic rings. The minimum absolute atomic E-state index is 0.0372. The van der Waals surface area contributed by atoms with Gasteiger partial charge in [0.2, 0.25) is 0 Å². The summed E-state index contributed by atoms with van der Waals surface area (Å²) in [6.45, 7) is 5.50. The Kier molecular flexibility index (Phi) is 3.91. The third-order valence-corrected chi connectivity index (χ3v) is 3.13. The molecular weight excluding hydrogens is 276 g/mol. The van der Waals surface area contributed by atoms with Crippen molar-refractivity contribution in [3.63, 3.8) is 0 Å². The van der Waals surface area contributed by atoms with Crippen molar-refractivity contribution in [2.75, 3.05) is 0 Å². The summed E-state index contributed by atoms with van der Waals surface area (Å²) >= 11 is 5.89. The van der Waals surface area contributed by atoms with E-state index >= 15 is 0 Å². The lowest BCUT2D eigenvalue weighted by Gasteiger charge is -2.19. The Bertz CT molecular complexity index is 657. The van der Waals surface area contributed by atoms with Crippen molar-refractivity contribution in [3.05, 3.63) is 40.9 Å². The topological polar surface area (TPSA) is 46.5 Å². The van der Waals surface area contributed by atoms with Crippen molar-refractivity contribution in [1.82, 2.24) is 0 Å². The second kappa shape index (κ2) is 5.33. The highest BCUT2D eigenvalue weighted by molar-refractivity contribution is 6.33. The highest BCUT2D eigenvalue weighted by atomic mass is 35.5. The van der Waals surface area contributed by atoms with E-state index in [1.165, 1.54) is 0 Å². The lowest BCUT2D eigenvalue weighted by Crippen LogP contribution is -2.24. The number of carbonyl (C=O) groups is 1. The lowest BCUT2D eigenvalue weighted by atomic mass is 10.0. The molecule has 0 bridgehead atoms. The van der Waals surface area contributed by atoms with Gasteiger partial charge < -0.3 is 9.84 Å². The van der Waals surface area contributed by atoms with E-state index in [-0.39, 0.29) is 18.1 Å². The van der Waals surface area contributed by atoms with Gasteiger partial charge in [-0.2, -0.15) is 0 Å². The van der Waals surface area contributed by atoms with E-state index in [1.54, 1.807) is 24.3 Å². The zero-order valence-electron chi connectivity index (χ0n) is 11.7. The number of benzene rings is 2. The Hall–Kier alpha value is -1.74. The average molecular weight is 293 g/mol. The van der Waals surface area contributed by atoms with Crippen LogP contribution in [0, 0.1) is 0 Å². The number of phenols is 1. The van der Waals surface area contributed by atoms with Crippen LogP contribution in [0.5, 0.6) is 5.75 Å². The van der Waals surface area contributed by atoms with Gasteiger partial charge in [0.15, 0.2) is 0 Å². The summed E-state index contributed by atoms with van der Waals surface area (Å²) in [5.41, 5.74) is 0.302. The second-order valence-electron chi connectivity index (χ2n) is 5.67. The summed E-state index contributed by atoms with van der Waals surface area (Å²) < 4.78 is 5.32. The van der Waals surface area contributed by atoms with E-state index in [2.05, 4.69) is 0 Å². The normalized spacial score (nSPS) is 11.6. The van der Waals surface area contributed by atoms with Crippen molar-refractivity contribution in [2.24, 2.45) is 0 Å². The fraction of sp³-hybridized carbons (Fsp3) is 0.312. The van der Waals surface area contributed by atoms with Crippen LogP contribution in [0.25, 0.3) is 10.8 Å². The van der Waals surface area contributed by atoms with Crippen LogP contribution in [0.1, 0.15) is 26.3 Å². The molecule has 2 aromatic carbocycles. The van der Waals surface area contributed by atoms with Gasteiger partial charge >= 0.3 is 5.97 Å². The predicted octanol–water partition coefficient (Wildman–Crippen LogP) is 4.08. The van der Waals surface area contributed by atoms with Crippen LogP contribution in [-0.2, 0) is 16.0 Å². The zero-order valence-corrected chi connectivity index (χ0v) is 12.5. The molecule has 2 aromatic rings. The second-order valence-corrected chi connectivity index (χ2v) is 6.08. The molecule has 4 heteroatoms. The molecule has 0 radical (unpaired) electrons. The molecule has 0 aliphatic heterocycles. The molecule has 2 rings (SSSR count). The zero-order chi connectivity index (χ0) is 14.9. The SMILES string of the molecule is CC(C)(C)OC(=O)Cc1cccc2c(O)c(Cl)ccc12. The molecule has 0 atom stereocenters. The van der Waals surface area contributed by atoms with Crippen LogP contribution in [0.2, 0.25) is 5.02 Å². The number of aromatic hydroxyl groups is 1. The summed E-state index contributed by atoms with van der Waals surface area (Å²) in [6.07, 6.45) is 0.162. The third-order valence-electron chi connectivity index (χ3n) is 2.83. The molecule has 1 N–H and O–H groups in total. The van der Waals surface area contributed by atoms with Crippen molar-refractivity contribution < 1.29 is 14.6 Å². The number of fused-ring (bicyclic) bond motifs is 1. The number of carbonyl (C=O) groups excluding carboxylic acids is 1. The van der Waals surface area contributed by atoms with E-state index in [4.69, 9.17) is 16.3 Å². The van der Waals surface area contributed by atoms with E-state index in [0.717, 1.165) is 10.9 Å². The standard InChI is InChI=1S/C16H17ClO3/c1-16(2,3)20-14(18)9-10-5-4-6-12-11(10)7-8-13(17)15(12)19/h4-8,19H,9H2,1-3H3. The summed E-state index contributed by atoms with van der Waals surface area (Å²) in [5, 5.41) is 11.7. The molecule has 20 heavy (non-hydrogen) atoms. The van der Waals surface area contributed by atoms with Crippen molar-refractivity contribution in [3.8, 4) is 5.75 Å². The predicted molar refractivity (Wildman–Crippen MR) is 80.2 cm³/mol. The highest BCUT2D eigenvalue weighted by Crippen LogP contribution is 2.33. The number of ether oxygens (including phenoxy) is 1. The fourth-order valence-electron chi connectivity index (χ4n) is 2.07. The minimum Gasteiger partial charge on any atom is -0.506 e. The number of esters is 1. The van der Waals surface area contributed by atoms with Crippen LogP contribution >= 0.6 is 11.6 Å². The molecule has 106 valence electrons. The van der Waals surface area contributed by atoms with Crippen LogP contribution in [0.4, 0.5) is 0 Å². The summed E-state index contributed by atoms with van der Waals surface area (Å²) in [4.78, 5) is 11.9. The number of hydrogen-bond donors (Lipinski definition) is 1. The molecule has 0 saturated carbocycles. The van der Waals surface area contributed by atoms with E-state index in [1.807, 2.05) is 26.8 Å². The monoisotopic (exact) mass is 292 g/mol. The number of phenolic OH excluding ortho intramolecular Hbond substituents is 1. The summed E-state index contributed by atoms with van der Waals surface area (Å²) in [5.74, 6) is -0.255. The van der Waals surface area contributed by atoms with Gasteiger partial charge in [0.25, 0.3) is 0 Å². The van der Waals surface area contributed by atoms with Gasteiger partial charge in [0, 0.05) is 5.39 Å². The average Bonchev–Trinajstić information content (AvgIpc) is 2.32. The summed E-state index contributed by atoms with van der Waals surface area (Å²) in [6, 6.07) is 8.84. The molecule has 0 heterocycles. The maximum atomic E-state index is 11.9. The van der Waals surface area contributed by atoms with Crippen LogP contribution < -0.4 is 0 Å². The van der Waals surface area contributed by atoms with Crippen LogP contribution in [0.15, 0.2) is 30.3 Å². The van der Waals surface area contributed by atoms with E-state index in [0.29, 0.717) is 10.4 Å². The maximum Gasteiger partial charge on any atom is 0.310 e. The quantitative estimate of drug-likeness (QED) is 0.848. The molecule has 0 aliphatic carbocycles. The van der Waals surface area contributed by atoms with Crippen molar-refractivity contribution in [1.29, 1.82) is 0 Å². The van der Waals surface area contributed by atoms with Gasteiger partial charge in [-0.05, 0) is 37.8 Å². The van der Waals surface area contributed by atoms with Gasteiger partial charge in [-0.15, -0.1) is 0 Å². The first-order valence-electron chi connectivity index (χ1n) is 6.39. The van der Waals surface area contributed by atoms with Gasteiger partial charge in [-0.25, -0.2) is 0 Å². The number of halogens is 1. The molecule has 0 fully saturated rings.